The Labute approximate surface area is 148 Å². The number of Topliss-reactive ketones (excluding diaryl/α,β-unsaturated/α-hetero) is 1. The number of hydrogen-bond acceptors (Lipinski definition) is 3. The minimum absolute atomic E-state index is 0.119. The van der Waals surface area contributed by atoms with E-state index in [9.17, 15) is 4.79 Å². The predicted molar refractivity (Wildman–Crippen MR) is 91.7 cm³/mol. The van der Waals surface area contributed by atoms with Gasteiger partial charge in [-0.25, -0.2) is 4.39 Å². The number of alkyl halides is 1. The summed E-state index contributed by atoms with van der Waals surface area (Å²) in [4.78, 5) is 12.4. The number of carbonyl (C=O) groups is 1. The minimum atomic E-state index is -1.36. The van der Waals surface area contributed by atoms with E-state index < -0.39 is 16.9 Å². The van der Waals surface area contributed by atoms with E-state index in [2.05, 4.69) is 13.0 Å². The molecule has 0 aromatic heterocycles. The Morgan fingerprint density at radius 2 is 2.00 bits per heavy atom. The molecule has 1 aliphatic heterocycles. The molecule has 136 valence electrons. The molecule has 4 heteroatoms. The molecule has 3 fully saturated rings. The van der Waals surface area contributed by atoms with Gasteiger partial charge < -0.3 is 9.47 Å². The Kier molecular flexibility index (Phi) is 3.26. The number of hydrogen-bond donors (Lipinski definition) is 0. The average molecular weight is 346 g/mol. The normalized spacial score (nSPS) is 45.2. The molecule has 1 spiro atoms. The topological polar surface area (TPSA) is 35.5 Å². The van der Waals surface area contributed by atoms with E-state index in [1.807, 2.05) is 6.92 Å². The van der Waals surface area contributed by atoms with E-state index in [1.54, 1.807) is 0 Å². The summed E-state index contributed by atoms with van der Waals surface area (Å²) in [7, 11) is 0. The van der Waals surface area contributed by atoms with Gasteiger partial charge in [0.25, 0.3) is 0 Å². The number of ether oxygens (including phenoxy) is 2. The standard InChI is InChI=1S/C21H27FO3/c1-13-15-4-6-19(2)18(23)5-8-21(19,22)17(15)11-14-3-7-20(12-16(13)14)24-9-10-25-20/h4,14,17H,3,5-12H2,1-2H3/t14?,17?,19-,21?/m0/s1. The van der Waals surface area contributed by atoms with Gasteiger partial charge in [-0.15, -0.1) is 0 Å². The summed E-state index contributed by atoms with van der Waals surface area (Å²) in [5.41, 5.74) is 1.64. The van der Waals surface area contributed by atoms with Crippen LogP contribution in [0, 0.1) is 17.3 Å². The second-order valence-electron chi connectivity index (χ2n) is 8.94. The average Bonchev–Trinajstić information content (AvgIpc) is 3.14. The van der Waals surface area contributed by atoms with Gasteiger partial charge in [-0.1, -0.05) is 11.6 Å². The highest BCUT2D eigenvalue weighted by Crippen LogP contribution is 2.63. The molecule has 2 saturated carbocycles. The third-order valence-electron chi connectivity index (χ3n) is 7.98. The van der Waals surface area contributed by atoms with Gasteiger partial charge >= 0.3 is 0 Å². The Morgan fingerprint density at radius 3 is 2.76 bits per heavy atom. The molecule has 25 heavy (non-hydrogen) atoms. The quantitative estimate of drug-likeness (QED) is 0.657. The van der Waals surface area contributed by atoms with Gasteiger partial charge in [-0.05, 0) is 56.6 Å². The molecule has 0 bridgehead atoms. The summed E-state index contributed by atoms with van der Waals surface area (Å²) in [6.45, 7) is 5.37. The Balaban J connectivity index is 1.56. The Hall–Kier alpha value is -1.00. The molecule has 0 aromatic carbocycles. The molecular weight excluding hydrogens is 319 g/mol. The summed E-state index contributed by atoms with van der Waals surface area (Å²) < 4.78 is 28.1. The van der Waals surface area contributed by atoms with Crippen molar-refractivity contribution in [1.29, 1.82) is 0 Å². The lowest BCUT2D eigenvalue weighted by Gasteiger charge is -2.51. The first-order valence-electron chi connectivity index (χ1n) is 9.79. The van der Waals surface area contributed by atoms with Gasteiger partial charge in [0.1, 0.15) is 11.5 Å². The van der Waals surface area contributed by atoms with Gasteiger partial charge in [0.2, 0.25) is 0 Å². The monoisotopic (exact) mass is 346 g/mol. The molecule has 1 heterocycles. The lowest BCUT2D eigenvalue weighted by Crippen LogP contribution is -2.52. The highest BCUT2D eigenvalue weighted by Gasteiger charge is 2.64. The van der Waals surface area contributed by atoms with E-state index in [4.69, 9.17) is 9.47 Å². The molecule has 5 rings (SSSR count). The van der Waals surface area contributed by atoms with E-state index in [0.717, 1.165) is 31.3 Å². The number of rotatable bonds is 0. The third kappa shape index (κ3) is 1.96. The van der Waals surface area contributed by atoms with Crippen molar-refractivity contribution in [3.05, 3.63) is 22.8 Å². The fourth-order valence-electron chi connectivity index (χ4n) is 6.36. The van der Waals surface area contributed by atoms with Crippen LogP contribution in [-0.2, 0) is 14.3 Å². The summed E-state index contributed by atoms with van der Waals surface area (Å²) in [5, 5.41) is 0. The van der Waals surface area contributed by atoms with Crippen LogP contribution in [-0.4, -0.2) is 30.5 Å². The Bertz CT molecular complexity index is 702. The maximum absolute atomic E-state index is 16.2. The summed E-state index contributed by atoms with van der Waals surface area (Å²) >= 11 is 0. The molecule has 0 amide bonds. The molecule has 4 atom stereocenters. The smallest absolute Gasteiger partial charge is 0.172 e. The zero-order chi connectivity index (χ0) is 17.4. The van der Waals surface area contributed by atoms with Crippen molar-refractivity contribution in [3.63, 3.8) is 0 Å². The van der Waals surface area contributed by atoms with E-state index in [1.165, 1.54) is 11.1 Å². The molecule has 0 N–H and O–H groups in total. The number of allylic oxidation sites excluding steroid dienone is 3. The van der Waals surface area contributed by atoms with Gasteiger partial charge in [-0.2, -0.15) is 0 Å². The molecule has 3 unspecified atom stereocenters. The van der Waals surface area contributed by atoms with Crippen LogP contribution in [0.2, 0.25) is 0 Å². The van der Waals surface area contributed by atoms with Crippen molar-refractivity contribution < 1.29 is 18.7 Å². The van der Waals surface area contributed by atoms with Crippen LogP contribution in [0.25, 0.3) is 0 Å². The minimum Gasteiger partial charge on any atom is -0.347 e. The fourth-order valence-corrected chi connectivity index (χ4v) is 6.36. The van der Waals surface area contributed by atoms with Crippen LogP contribution >= 0.6 is 0 Å². The SMILES string of the molecule is CC1=C2CC3(CCC2CC2C1=CC[C@@]1(C)C(=O)CCC21F)OCCO3. The van der Waals surface area contributed by atoms with Crippen LogP contribution in [0.1, 0.15) is 58.8 Å². The molecule has 0 radical (unpaired) electrons. The van der Waals surface area contributed by atoms with Crippen molar-refractivity contribution in [3.8, 4) is 0 Å². The molecule has 5 aliphatic rings. The second-order valence-corrected chi connectivity index (χ2v) is 8.94. The molecule has 1 saturated heterocycles. The van der Waals surface area contributed by atoms with Gasteiger partial charge in [-0.3, -0.25) is 4.79 Å². The van der Waals surface area contributed by atoms with Crippen LogP contribution in [0.4, 0.5) is 4.39 Å². The van der Waals surface area contributed by atoms with Crippen molar-refractivity contribution in [1.82, 2.24) is 0 Å². The van der Waals surface area contributed by atoms with Crippen molar-refractivity contribution in [2.75, 3.05) is 13.2 Å². The first-order valence-corrected chi connectivity index (χ1v) is 9.79. The van der Waals surface area contributed by atoms with Crippen LogP contribution in [0.3, 0.4) is 0 Å². The third-order valence-corrected chi connectivity index (χ3v) is 7.98. The van der Waals surface area contributed by atoms with Gasteiger partial charge in [0, 0.05) is 25.2 Å². The first kappa shape index (κ1) is 16.2. The van der Waals surface area contributed by atoms with Crippen molar-refractivity contribution >= 4 is 5.78 Å². The first-order chi connectivity index (χ1) is 11.9. The van der Waals surface area contributed by atoms with E-state index >= 15 is 4.39 Å². The summed E-state index contributed by atoms with van der Waals surface area (Å²) in [5.74, 6) is -0.0225. The number of halogens is 1. The summed E-state index contributed by atoms with van der Waals surface area (Å²) in [6.07, 6.45) is 7.07. The predicted octanol–water partition coefficient (Wildman–Crippen LogP) is 4.27. The number of ketones is 1. The lowest BCUT2D eigenvalue weighted by atomic mass is 9.55. The van der Waals surface area contributed by atoms with Crippen LogP contribution < -0.4 is 0 Å². The summed E-state index contributed by atoms with van der Waals surface area (Å²) in [6, 6.07) is 0. The van der Waals surface area contributed by atoms with Crippen LogP contribution in [0.5, 0.6) is 0 Å². The van der Waals surface area contributed by atoms with Crippen LogP contribution in [0.15, 0.2) is 22.8 Å². The maximum atomic E-state index is 16.2. The number of fused-ring (bicyclic) bond motifs is 4. The van der Waals surface area contributed by atoms with Gasteiger partial charge in [0.15, 0.2) is 5.79 Å². The molecule has 0 aromatic rings. The highest BCUT2D eigenvalue weighted by molar-refractivity contribution is 5.89. The lowest BCUT2D eigenvalue weighted by molar-refractivity contribution is -0.173. The Morgan fingerprint density at radius 1 is 1.24 bits per heavy atom. The zero-order valence-corrected chi connectivity index (χ0v) is 15.2. The van der Waals surface area contributed by atoms with Crippen molar-refractivity contribution in [2.45, 2.75) is 70.2 Å². The van der Waals surface area contributed by atoms with Crippen molar-refractivity contribution in [2.24, 2.45) is 17.3 Å². The van der Waals surface area contributed by atoms with Gasteiger partial charge in [0.05, 0.1) is 18.6 Å². The zero-order valence-electron chi connectivity index (χ0n) is 15.2. The fraction of sp³-hybridized carbons (Fsp3) is 0.762. The highest BCUT2D eigenvalue weighted by atomic mass is 19.1. The van der Waals surface area contributed by atoms with E-state index in [0.29, 0.717) is 38.4 Å². The number of carbonyl (C=O) groups excluding carboxylic acids is 1. The largest absolute Gasteiger partial charge is 0.347 e. The molecule has 4 aliphatic carbocycles. The second kappa shape index (κ2) is 5.04. The van der Waals surface area contributed by atoms with E-state index in [-0.39, 0.29) is 11.7 Å². The maximum Gasteiger partial charge on any atom is 0.172 e. The molecular formula is C21H27FO3. The molecule has 3 nitrogen and oxygen atoms in total.